The van der Waals surface area contributed by atoms with Crippen LogP contribution < -0.4 is 0 Å². The van der Waals surface area contributed by atoms with E-state index in [9.17, 15) is 25.5 Å². The molecule has 10 nitrogen and oxygen atoms in total. The molecule has 1 aliphatic heterocycles. The molecule has 6 rings (SSSR count). The summed E-state index contributed by atoms with van der Waals surface area (Å²) in [6.07, 6.45) is -4.95. The Bertz CT molecular complexity index is 878. The lowest BCUT2D eigenvalue weighted by Crippen LogP contribution is -2.81. The lowest BCUT2D eigenvalue weighted by molar-refractivity contribution is -0.320. The van der Waals surface area contributed by atoms with E-state index in [0.29, 0.717) is 26.1 Å². The summed E-state index contributed by atoms with van der Waals surface area (Å²) in [7, 11) is 6.29. The lowest BCUT2D eigenvalue weighted by Gasteiger charge is -2.70. The van der Waals surface area contributed by atoms with Gasteiger partial charge < -0.3 is 44.5 Å². The number of fused-ring (bicyclic) bond motifs is 2. The second-order valence-corrected chi connectivity index (χ2v) is 12.1. The summed E-state index contributed by atoms with van der Waals surface area (Å²) in [6.45, 7) is 3.58. The molecule has 5 N–H and O–H groups in total. The molecule has 1 heterocycles. The Morgan fingerprint density at radius 1 is 0.943 bits per heavy atom. The highest BCUT2D eigenvalue weighted by atomic mass is 16.5. The van der Waals surface area contributed by atoms with E-state index in [0.717, 1.165) is 0 Å². The summed E-state index contributed by atoms with van der Waals surface area (Å²) in [4.78, 5) is 2.29. The Kier molecular flexibility index (Phi) is 5.40. The molecule has 5 saturated carbocycles. The molecule has 6 aliphatic rings. The van der Waals surface area contributed by atoms with Gasteiger partial charge in [-0.05, 0) is 18.9 Å². The zero-order valence-electron chi connectivity index (χ0n) is 21.2. The minimum atomic E-state index is -1.76. The maximum Gasteiger partial charge on any atom is 0.120 e. The number of aliphatic hydroxyl groups excluding tert-OH is 3. The first-order valence-electron chi connectivity index (χ1n) is 12.9. The molecule has 10 heteroatoms. The number of ether oxygens (including phenoxy) is 4. The molecule has 0 radical (unpaired) electrons. The van der Waals surface area contributed by atoms with Crippen molar-refractivity contribution in [3.63, 3.8) is 0 Å². The van der Waals surface area contributed by atoms with Gasteiger partial charge in [0.1, 0.15) is 23.4 Å². The summed E-state index contributed by atoms with van der Waals surface area (Å²) in [5.74, 6) is -2.04. The number of aliphatic hydroxyl groups is 5. The van der Waals surface area contributed by atoms with Crippen molar-refractivity contribution >= 4 is 0 Å². The zero-order valence-corrected chi connectivity index (χ0v) is 21.2. The van der Waals surface area contributed by atoms with Gasteiger partial charge in [0, 0.05) is 76.0 Å². The molecule has 1 spiro atoms. The van der Waals surface area contributed by atoms with Crippen LogP contribution in [0.25, 0.3) is 0 Å². The molecular weight excluding hydrogens is 458 g/mol. The molecule has 0 aromatic heterocycles. The molecule has 0 unspecified atom stereocenters. The van der Waals surface area contributed by atoms with Crippen LogP contribution in [0.3, 0.4) is 0 Å². The Hall–Kier alpha value is -0.400. The fourth-order valence-electron chi connectivity index (χ4n) is 11.0. The van der Waals surface area contributed by atoms with Gasteiger partial charge in [-0.15, -0.1) is 0 Å². The van der Waals surface area contributed by atoms with Gasteiger partial charge in [0.2, 0.25) is 0 Å². The van der Waals surface area contributed by atoms with Crippen molar-refractivity contribution in [3.8, 4) is 0 Å². The number of methoxy groups -OCH3 is 4. The van der Waals surface area contributed by atoms with Crippen molar-refractivity contribution in [2.45, 2.75) is 73.6 Å². The summed E-state index contributed by atoms with van der Waals surface area (Å²) >= 11 is 0. The summed E-state index contributed by atoms with van der Waals surface area (Å²) in [5.41, 5.74) is -4.81. The van der Waals surface area contributed by atoms with Crippen molar-refractivity contribution in [3.05, 3.63) is 0 Å². The average molecular weight is 500 g/mol. The average Bonchev–Trinajstić information content (AvgIpc) is 3.19. The fraction of sp³-hybridized carbons (Fsp3) is 1.00. The molecule has 1 saturated heterocycles. The molecule has 200 valence electrons. The van der Waals surface area contributed by atoms with Crippen molar-refractivity contribution in [1.29, 1.82) is 0 Å². The third kappa shape index (κ3) is 2.35. The van der Waals surface area contributed by atoms with Gasteiger partial charge >= 0.3 is 0 Å². The summed E-state index contributed by atoms with van der Waals surface area (Å²) < 4.78 is 23.7. The highest BCUT2D eigenvalue weighted by Gasteiger charge is 2.90. The Labute approximate surface area is 206 Å². The second-order valence-electron chi connectivity index (χ2n) is 12.1. The quantitative estimate of drug-likeness (QED) is 0.285. The molecular formula is C25H41NO9. The van der Waals surface area contributed by atoms with E-state index in [-0.39, 0.29) is 18.4 Å². The Balaban J connectivity index is 1.68. The maximum atomic E-state index is 12.6. The van der Waals surface area contributed by atoms with Gasteiger partial charge in [0.05, 0.1) is 31.0 Å². The summed E-state index contributed by atoms with van der Waals surface area (Å²) in [6, 6.07) is -0.240. The van der Waals surface area contributed by atoms with E-state index >= 15 is 0 Å². The minimum Gasteiger partial charge on any atom is -0.392 e. The van der Waals surface area contributed by atoms with Crippen molar-refractivity contribution in [2.75, 3.05) is 48.1 Å². The molecule has 0 amide bonds. The first kappa shape index (κ1) is 24.9. The first-order valence-corrected chi connectivity index (χ1v) is 12.9. The van der Waals surface area contributed by atoms with Gasteiger partial charge in [-0.2, -0.15) is 0 Å². The predicted octanol–water partition coefficient (Wildman–Crippen LogP) is -1.79. The zero-order chi connectivity index (χ0) is 25.3. The van der Waals surface area contributed by atoms with Crippen LogP contribution >= 0.6 is 0 Å². The van der Waals surface area contributed by atoms with Gasteiger partial charge in [-0.25, -0.2) is 0 Å². The molecule has 6 fully saturated rings. The highest BCUT2D eigenvalue weighted by molar-refractivity contribution is 5.39. The number of rotatable bonds is 6. The van der Waals surface area contributed by atoms with Crippen LogP contribution in [0.4, 0.5) is 0 Å². The molecule has 15 atom stereocenters. The topological polar surface area (TPSA) is 141 Å². The number of piperidine rings is 1. The van der Waals surface area contributed by atoms with Crippen molar-refractivity contribution in [1.82, 2.24) is 4.90 Å². The van der Waals surface area contributed by atoms with E-state index in [1.165, 1.54) is 7.11 Å². The first-order chi connectivity index (χ1) is 16.6. The number of hydrogen-bond donors (Lipinski definition) is 5. The van der Waals surface area contributed by atoms with E-state index in [1.54, 1.807) is 21.3 Å². The smallest absolute Gasteiger partial charge is 0.120 e. The van der Waals surface area contributed by atoms with E-state index in [1.807, 2.05) is 0 Å². The van der Waals surface area contributed by atoms with Crippen LogP contribution in [0.1, 0.15) is 19.8 Å². The van der Waals surface area contributed by atoms with Crippen molar-refractivity contribution < 1.29 is 44.5 Å². The predicted molar refractivity (Wildman–Crippen MR) is 121 cm³/mol. The third-order valence-electron chi connectivity index (χ3n) is 11.7. The van der Waals surface area contributed by atoms with Crippen LogP contribution in [-0.2, 0) is 18.9 Å². The monoisotopic (exact) mass is 499 g/mol. The normalized spacial score (nSPS) is 62.4. The fourth-order valence-corrected chi connectivity index (χ4v) is 11.0. The van der Waals surface area contributed by atoms with Crippen LogP contribution in [0.2, 0.25) is 0 Å². The molecule has 0 aromatic carbocycles. The highest BCUT2D eigenvalue weighted by Crippen LogP contribution is 2.79. The standard InChI is InChI=1S/C25H41NO9/c1-6-26-9-22(10-32-2)12(27)7-13(33-3)24-11-8-23(30)19(28)14(11)25(31,20(29)21(23)35-5)15(18(24)26)16(34-4)17(22)24/h11-21,27-31H,6-10H2,1-5H3/t11-,12-,13+,14-,15+,16+,17-,18+,19-,20+,21+,22+,23-,24+,25-/m0/s1. The number of hydrogen-bond acceptors (Lipinski definition) is 10. The third-order valence-corrected chi connectivity index (χ3v) is 11.7. The van der Waals surface area contributed by atoms with Crippen LogP contribution in [0, 0.1) is 34.5 Å². The van der Waals surface area contributed by atoms with E-state index < -0.39 is 76.4 Å². The maximum absolute atomic E-state index is 12.6. The second kappa shape index (κ2) is 7.59. The number of likely N-dealkylation sites (tertiary alicyclic amines) is 1. The molecule has 0 aromatic rings. The summed E-state index contributed by atoms with van der Waals surface area (Å²) in [5, 5.41) is 59.3. The van der Waals surface area contributed by atoms with Crippen LogP contribution in [0.15, 0.2) is 0 Å². The lowest BCUT2D eigenvalue weighted by atomic mass is 9.42. The van der Waals surface area contributed by atoms with Crippen molar-refractivity contribution in [2.24, 2.45) is 34.5 Å². The van der Waals surface area contributed by atoms with Gasteiger partial charge in [-0.3, -0.25) is 4.90 Å². The molecule has 5 aliphatic carbocycles. The SMILES string of the molecule is CCN1C[C@@]2(COC)[C@@H](O)C[C@@H](OC)[C@]34[C@H]5C[C@@]6(O)[C@H](OC)[C@@H](O)[C@](O)([C@@H]5[C@@H]6O)[C@H]([C@@H](OC)[C@@H]23)[C@@H]14. The van der Waals surface area contributed by atoms with Crippen LogP contribution in [-0.4, -0.2) is 132 Å². The number of nitrogens with zero attached hydrogens (tertiary/aromatic N) is 1. The minimum absolute atomic E-state index is 0.156. The Morgan fingerprint density at radius 3 is 2.23 bits per heavy atom. The van der Waals surface area contributed by atoms with Gasteiger partial charge in [-0.1, -0.05) is 6.92 Å². The van der Waals surface area contributed by atoms with Gasteiger partial charge in [0.15, 0.2) is 0 Å². The van der Waals surface area contributed by atoms with E-state index in [2.05, 4.69) is 11.8 Å². The van der Waals surface area contributed by atoms with Gasteiger partial charge in [0.25, 0.3) is 0 Å². The van der Waals surface area contributed by atoms with Crippen LogP contribution in [0.5, 0.6) is 0 Å². The molecule has 35 heavy (non-hydrogen) atoms. The van der Waals surface area contributed by atoms with E-state index in [4.69, 9.17) is 18.9 Å². The molecule has 7 bridgehead atoms. The Morgan fingerprint density at radius 2 is 1.66 bits per heavy atom. The largest absolute Gasteiger partial charge is 0.392 e.